The first-order valence-corrected chi connectivity index (χ1v) is 9.20. The molecule has 2 heterocycles. The minimum atomic E-state index is -1.08. The maximum Gasteiger partial charge on any atom is 0.339 e. The zero-order chi connectivity index (χ0) is 20.6. The molecule has 0 spiro atoms. The highest BCUT2D eigenvalue weighted by molar-refractivity contribution is 5.99. The first-order chi connectivity index (χ1) is 13.2. The van der Waals surface area contributed by atoms with Gasteiger partial charge in [-0.3, -0.25) is 4.79 Å². The fraction of sp³-hybridized carbons (Fsp3) is 0.381. The van der Waals surface area contributed by atoms with Crippen LogP contribution in [0.3, 0.4) is 0 Å². The molecule has 7 heteroatoms. The highest BCUT2D eigenvalue weighted by atomic mass is 16.4. The van der Waals surface area contributed by atoms with Crippen LogP contribution in [0.15, 0.2) is 26.0 Å². The first kappa shape index (κ1) is 19.7. The third-order valence-electron chi connectivity index (χ3n) is 5.18. The van der Waals surface area contributed by atoms with Crippen LogP contribution < -0.4 is 10.9 Å². The lowest BCUT2D eigenvalue weighted by Gasteiger charge is -2.13. The fourth-order valence-corrected chi connectivity index (χ4v) is 3.45. The number of aryl methyl sites for hydroxylation is 3. The van der Waals surface area contributed by atoms with E-state index in [4.69, 9.17) is 13.9 Å². The number of rotatable bonds is 6. The van der Waals surface area contributed by atoms with Gasteiger partial charge in [0.1, 0.15) is 17.2 Å². The zero-order valence-electron chi connectivity index (χ0n) is 16.3. The Bertz CT molecular complexity index is 1140. The van der Waals surface area contributed by atoms with Crippen LogP contribution in [-0.2, 0) is 16.0 Å². The first-order valence-electron chi connectivity index (χ1n) is 9.20. The number of benzene rings is 1. The average molecular weight is 385 g/mol. The van der Waals surface area contributed by atoms with Gasteiger partial charge in [0, 0.05) is 28.3 Å². The molecule has 148 valence electrons. The summed E-state index contributed by atoms with van der Waals surface area (Å²) in [6.45, 7) is 7.31. The van der Waals surface area contributed by atoms with Crippen molar-refractivity contribution in [2.75, 3.05) is 0 Å². The summed E-state index contributed by atoms with van der Waals surface area (Å²) in [7, 11) is 0. The third kappa shape index (κ3) is 3.40. The van der Waals surface area contributed by atoms with Gasteiger partial charge in [-0.15, -0.1) is 0 Å². The molecular formula is C21H23NO6. The summed E-state index contributed by atoms with van der Waals surface area (Å²) in [6, 6.07) is 1.01. The van der Waals surface area contributed by atoms with E-state index in [1.165, 1.54) is 0 Å². The van der Waals surface area contributed by atoms with E-state index in [1.807, 2.05) is 26.8 Å². The van der Waals surface area contributed by atoms with E-state index in [2.05, 4.69) is 5.32 Å². The van der Waals surface area contributed by atoms with Crippen molar-refractivity contribution in [3.63, 3.8) is 0 Å². The van der Waals surface area contributed by atoms with E-state index in [-0.39, 0.29) is 19.3 Å². The summed E-state index contributed by atoms with van der Waals surface area (Å²) >= 11 is 0. The number of hydrogen-bond donors (Lipinski definition) is 2. The van der Waals surface area contributed by atoms with Crippen LogP contribution >= 0.6 is 0 Å². The summed E-state index contributed by atoms with van der Waals surface area (Å²) in [6.07, 6.45) is 2.14. The topological polar surface area (TPSA) is 110 Å². The number of nitrogens with one attached hydrogen (secondary N) is 1. The van der Waals surface area contributed by atoms with Crippen LogP contribution in [0.2, 0.25) is 0 Å². The molecule has 0 aliphatic carbocycles. The number of fused-ring (bicyclic) bond motifs is 2. The maximum absolute atomic E-state index is 12.5. The smallest absolute Gasteiger partial charge is 0.339 e. The van der Waals surface area contributed by atoms with Crippen molar-refractivity contribution >= 4 is 33.8 Å². The molecular weight excluding hydrogens is 362 g/mol. The van der Waals surface area contributed by atoms with Gasteiger partial charge in [-0.05, 0) is 50.8 Å². The minimum absolute atomic E-state index is 0.00680. The molecule has 0 bridgehead atoms. The third-order valence-corrected chi connectivity index (χ3v) is 5.18. The van der Waals surface area contributed by atoms with E-state index < -0.39 is 23.5 Å². The van der Waals surface area contributed by atoms with E-state index in [0.29, 0.717) is 16.7 Å². The lowest BCUT2D eigenvalue weighted by molar-refractivity contribution is -0.141. The Balaban J connectivity index is 1.95. The molecule has 0 fully saturated rings. The Morgan fingerprint density at radius 1 is 1.14 bits per heavy atom. The number of carboxylic acid groups (broad SMARTS) is 1. The molecule has 28 heavy (non-hydrogen) atoms. The second-order valence-electron chi connectivity index (χ2n) is 7.03. The van der Waals surface area contributed by atoms with Crippen molar-refractivity contribution in [2.45, 2.75) is 53.0 Å². The SMILES string of the molecule is CC[C@H](NC(=O)CCc1c(C)c2cc3c(C)coc3c(C)c2oc1=O)C(=O)O. The van der Waals surface area contributed by atoms with Gasteiger partial charge in [-0.1, -0.05) is 6.92 Å². The van der Waals surface area contributed by atoms with Crippen LogP contribution in [0.5, 0.6) is 0 Å². The van der Waals surface area contributed by atoms with Gasteiger partial charge < -0.3 is 19.3 Å². The van der Waals surface area contributed by atoms with Crippen LogP contribution in [-0.4, -0.2) is 23.0 Å². The molecule has 1 amide bonds. The number of carboxylic acids is 1. The van der Waals surface area contributed by atoms with E-state index >= 15 is 0 Å². The summed E-state index contributed by atoms with van der Waals surface area (Å²) in [5.41, 5.74) is 3.62. The van der Waals surface area contributed by atoms with Crippen molar-refractivity contribution in [3.8, 4) is 0 Å². The van der Waals surface area contributed by atoms with E-state index in [9.17, 15) is 14.4 Å². The molecule has 1 atom stereocenters. The quantitative estimate of drug-likeness (QED) is 0.630. The van der Waals surface area contributed by atoms with E-state index in [0.717, 1.165) is 27.5 Å². The second kappa shape index (κ2) is 7.50. The molecule has 0 aliphatic heterocycles. The number of carbonyl (C=O) groups excluding carboxylic acids is 1. The maximum atomic E-state index is 12.5. The number of hydrogen-bond acceptors (Lipinski definition) is 5. The Hall–Kier alpha value is -3.09. The van der Waals surface area contributed by atoms with Crippen LogP contribution in [0, 0.1) is 20.8 Å². The van der Waals surface area contributed by atoms with Crippen molar-refractivity contribution in [1.29, 1.82) is 0 Å². The molecule has 0 radical (unpaired) electrons. The highest BCUT2D eigenvalue weighted by Crippen LogP contribution is 2.32. The number of furan rings is 1. The van der Waals surface area contributed by atoms with Crippen molar-refractivity contribution in [3.05, 3.63) is 45.0 Å². The van der Waals surface area contributed by atoms with Crippen LogP contribution in [0.4, 0.5) is 0 Å². The van der Waals surface area contributed by atoms with Gasteiger partial charge >= 0.3 is 11.6 Å². The fourth-order valence-electron chi connectivity index (χ4n) is 3.45. The largest absolute Gasteiger partial charge is 0.480 e. The molecule has 2 aromatic heterocycles. The molecule has 0 aliphatic rings. The molecule has 0 saturated heterocycles. The van der Waals surface area contributed by atoms with Crippen LogP contribution in [0.1, 0.15) is 42.0 Å². The van der Waals surface area contributed by atoms with Gasteiger partial charge in [0.05, 0.1) is 6.26 Å². The van der Waals surface area contributed by atoms with Gasteiger partial charge in [-0.25, -0.2) is 9.59 Å². The monoisotopic (exact) mass is 385 g/mol. The number of carbonyl (C=O) groups is 2. The van der Waals surface area contributed by atoms with Crippen molar-refractivity contribution in [1.82, 2.24) is 5.32 Å². The molecule has 7 nitrogen and oxygen atoms in total. The van der Waals surface area contributed by atoms with Crippen LogP contribution in [0.25, 0.3) is 21.9 Å². The predicted octanol–water partition coefficient (Wildman–Crippen LogP) is 3.38. The minimum Gasteiger partial charge on any atom is -0.480 e. The number of amides is 1. The Kier molecular flexibility index (Phi) is 5.27. The summed E-state index contributed by atoms with van der Waals surface area (Å²) in [5, 5.41) is 13.3. The molecule has 2 N–H and O–H groups in total. The molecule has 1 aromatic carbocycles. The second-order valence-corrected chi connectivity index (χ2v) is 7.03. The predicted molar refractivity (Wildman–Crippen MR) is 105 cm³/mol. The summed E-state index contributed by atoms with van der Waals surface area (Å²) in [4.78, 5) is 35.7. The zero-order valence-corrected chi connectivity index (χ0v) is 16.3. The van der Waals surface area contributed by atoms with Gasteiger partial charge in [-0.2, -0.15) is 0 Å². The lowest BCUT2D eigenvalue weighted by Crippen LogP contribution is -2.40. The Morgan fingerprint density at radius 2 is 1.86 bits per heavy atom. The molecule has 3 aromatic rings. The molecule has 0 saturated carbocycles. The summed E-state index contributed by atoms with van der Waals surface area (Å²) < 4.78 is 11.1. The van der Waals surface area contributed by atoms with E-state index in [1.54, 1.807) is 13.2 Å². The highest BCUT2D eigenvalue weighted by Gasteiger charge is 2.20. The van der Waals surface area contributed by atoms with Crippen molar-refractivity contribution in [2.24, 2.45) is 0 Å². The number of aliphatic carboxylic acids is 1. The average Bonchev–Trinajstić information content (AvgIpc) is 3.01. The normalized spacial score (nSPS) is 12.4. The van der Waals surface area contributed by atoms with Gasteiger partial charge in [0.15, 0.2) is 0 Å². The van der Waals surface area contributed by atoms with Crippen molar-refractivity contribution < 1.29 is 23.5 Å². The molecule has 0 unspecified atom stereocenters. The lowest BCUT2D eigenvalue weighted by atomic mass is 9.98. The van der Waals surface area contributed by atoms with Gasteiger partial charge in [0.25, 0.3) is 0 Å². The summed E-state index contributed by atoms with van der Waals surface area (Å²) in [5.74, 6) is -1.49. The van der Waals surface area contributed by atoms with Gasteiger partial charge in [0.2, 0.25) is 5.91 Å². The molecule has 3 rings (SSSR count). The standard InChI is InChI=1S/C21H23NO6/c1-5-16(20(24)25)22-17(23)7-6-13-11(3)15-8-14-10(2)9-27-18(14)12(4)19(15)28-21(13)26/h8-9,16H,5-7H2,1-4H3,(H,22,23)(H,24,25)/t16-/m0/s1. The Morgan fingerprint density at radius 3 is 2.50 bits per heavy atom. The Labute approximate surface area is 161 Å².